The molecule has 0 atom stereocenters. The van der Waals surface area contributed by atoms with E-state index in [2.05, 4.69) is 11.1 Å². The van der Waals surface area contributed by atoms with E-state index in [1.54, 1.807) is 6.07 Å². The fourth-order valence-corrected chi connectivity index (χ4v) is 2.62. The molecule has 5 heteroatoms. The third-order valence-electron chi connectivity index (χ3n) is 3.93. The fraction of sp³-hybridized carbons (Fsp3) is 0.105. The molecule has 2 aromatic carbocycles. The summed E-state index contributed by atoms with van der Waals surface area (Å²) in [5.74, 6) is 0.0994. The second-order valence-corrected chi connectivity index (χ2v) is 5.60. The normalized spacial score (nSPS) is 10.4. The highest BCUT2D eigenvalue weighted by Gasteiger charge is 2.18. The molecule has 0 radical (unpaired) electrons. The Morgan fingerprint density at radius 3 is 2.38 bits per heavy atom. The Hall–Kier alpha value is -3.39. The predicted molar refractivity (Wildman–Crippen MR) is 93.9 cm³/mol. The monoisotopic (exact) mass is 316 g/mol. The molecule has 5 nitrogen and oxygen atoms in total. The van der Waals surface area contributed by atoms with Crippen LogP contribution in [0, 0.1) is 25.2 Å². The molecule has 0 bridgehead atoms. The highest BCUT2D eigenvalue weighted by atomic mass is 16.1. The number of aromatic nitrogens is 2. The zero-order chi connectivity index (χ0) is 17.3. The highest BCUT2D eigenvalue weighted by molar-refractivity contribution is 5.73. The molecule has 0 saturated carbocycles. The van der Waals surface area contributed by atoms with Crippen LogP contribution in [0.1, 0.15) is 16.7 Å². The summed E-state index contributed by atoms with van der Waals surface area (Å²) in [6.45, 7) is 3.84. The second kappa shape index (κ2) is 6.01. The molecule has 3 aromatic rings. The van der Waals surface area contributed by atoms with Crippen LogP contribution in [0.3, 0.4) is 0 Å². The van der Waals surface area contributed by atoms with Crippen LogP contribution in [-0.2, 0) is 0 Å². The lowest BCUT2D eigenvalue weighted by Crippen LogP contribution is -2.26. The van der Waals surface area contributed by atoms with Crippen molar-refractivity contribution in [2.45, 2.75) is 13.8 Å². The van der Waals surface area contributed by atoms with Crippen molar-refractivity contribution in [1.29, 1.82) is 5.26 Å². The summed E-state index contributed by atoms with van der Waals surface area (Å²) < 4.78 is 1.28. The Balaban J connectivity index is 2.31. The number of nitrogens with two attached hydrogens (primary N) is 1. The summed E-state index contributed by atoms with van der Waals surface area (Å²) in [6.07, 6.45) is 0. The molecule has 24 heavy (non-hydrogen) atoms. The minimum atomic E-state index is -0.503. The van der Waals surface area contributed by atoms with Gasteiger partial charge in [-0.25, -0.2) is 9.36 Å². The number of nitrogens with zero attached hydrogens (tertiary/aromatic N) is 3. The van der Waals surface area contributed by atoms with Gasteiger partial charge in [0.1, 0.15) is 17.5 Å². The van der Waals surface area contributed by atoms with Crippen molar-refractivity contribution in [2.24, 2.45) is 0 Å². The van der Waals surface area contributed by atoms with Crippen LogP contribution in [0.5, 0.6) is 0 Å². The van der Waals surface area contributed by atoms with Crippen molar-refractivity contribution in [3.8, 4) is 23.0 Å². The summed E-state index contributed by atoms with van der Waals surface area (Å²) >= 11 is 0. The predicted octanol–water partition coefficient (Wildman–Crippen LogP) is 2.97. The van der Waals surface area contributed by atoms with Gasteiger partial charge in [0.25, 0.3) is 0 Å². The van der Waals surface area contributed by atoms with Gasteiger partial charge in [-0.15, -0.1) is 0 Å². The zero-order valence-corrected chi connectivity index (χ0v) is 13.4. The summed E-state index contributed by atoms with van der Waals surface area (Å²) in [4.78, 5) is 16.7. The van der Waals surface area contributed by atoms with Gasteiger partial charge in [-0.2, -0.15) is 10.2 Å². The van der Waals surface area contributed by atoms with Crippen molar-refractivity contribution in [3.05, 3.63) is 75.7 Å². The van der Waals surface area contributed by atoms with Gasteiger partial charge in [0.15, 0.2) is 0 Å². The average Bonchev–Trinajstić information content (AvgIpc) is 2.57. The number of rotatable bonds is 2. The average molecular weight is 316 g/mol. The maximum Gasteiger partial charge on any atom is 0.354 e. The molecule has 2 N–H and O–H groups in total. The van der Waals surface area contributed by atoms with E-state index in [1.165, 1.54) is 4.57 Å². The van der Waals surface area contributed by atoms with E-state index in [4.69, 9.17) is 5.73 Å². The minimum Gasteiger partial charge on any atom is -0.384 e. The molecule has 0 aliphatic heterocycles. The Bertz CT molecular complexity index is 1010. The third-order valence-corrected chi connectivity index (χ3v) is 3.93. The molecule has 1 aromatic heterocycles. The lowest BCUT2D eigenvalue weighted by Gasteiger charge is -2.14. The molecule has 0 unspecified atom stereocenters. The van der Waals surface area contributed by atoms with Crippen LogP contribution in [0.15, 0.2) is 53.3 Å². The number of para-hydroxylation sites is 1. The summed E-state index contributed by atoms with van der Waals surface area (Å²) in [7, 11) is 0. The Labute approximate surface area is 139 Å². The highest BCUT2D eigenvalue weighted by Crippen LogP contribution is 2.26. The van der Waals surface area contributed by atoms with Crippen LogP contribution in [-0.4, -0.2) is 9.55 Å². The summed E-state index contributed by atoms with van der Waals surface area (Å²) in [5.41, 5.74) is 9.44. The quantitative estimate of drug-likeness (QED) is 0.787. The third kappa shape index (κ3) is 2.55. The Kier molecular flexibility index (Phi) is 3.88. The van der Waals surface area contributed by atoms with Crippen LogP contribution >= 0.6 is 0 Å². The van der Waals surface area contributed by atoms with Crippen molar-refractivity contribution in [2.75, 3.05) is 5.73 Å². The van der Waals surface area contributed by atoms with E-state index in [9.17, 15) is 10.1 Å². The van der Waals surface area contributed by atoms with Gasteiger partial charge in [0.05, 0.1) is 11.4 Å². The topological polar surface area (TPSA) is 84.7 Å². The number of hydrogen-bond donors (Lipinski definition) is 1. The molecule has 0 aliphatic carbocycles. The number of nitriles is 1. The van der Waals surface area contributed by atoms with Gasteiger partial charge in [0, 0.05) is 5.56 Å². The summed E-state index contributed by atoms with van der Waals surface area (Å²) in [5, 5.41) is 9.56. The van der Waals surface area contributed by atoms with E-state index in [0.717, 1.165) is 11.1 Å². The molecule has 0 spiro atoms. The smallest absolute Gasteiger partial charge is 0.354 e. The molecule has 0 saturated heterocycles. The first-order valence-electron chi connectivity index (χ1n) is 7.48. The summed E-state index contributed by atoms with van der Waals surface area (Å²) in [6, 6.07) is 16.9. The number of benzene rings is 2. The van der Waals surface area contributed by atoms with Crippen LogP contribution in [0.25, 0.3) is 16.9 Å². The zero-order valence-electron chi connectivity index (χ0n) is 13.4. The molecule has 0 aliphatic rings. The van der Waals surface area contributed by atoms with Crippen LogP contribution < -0.4 is 11.4 Å². The van der Waals surface area contributed by atoms with Crippen molar-refractivity contribution in [3.63, 3.8) is 0 Å². The van der Waals surface area contributed by atoms with Crippen LogP contribution in [0.4, 0.5) is 5.82 Å². The van der Waals surface area contributed by atoms with Gasteiger partial charge in [-0.05, 0) is 25.5 Å². The number of anilines is 1. The molecule has 118 valence electrons. The van der Waals surface area contributed by atoms with Crippen molar-refractivity contribution < 1.29 is 0 Å². The first kappa shape index (κ1) is 15.5. The largest absolute Gasteiger partial charge is 0.384 e. The Morgan fingerprint density at radius 2 is 1.75 bits per heavy atom. The van der Waals surface area contributed by atoms with Gasteiger partial charge >= 0.3 is 5.69 Å². The van der Waals surface area contributed by atoms with Gasteiger partial charge in [0.2, 0.25) is 0 Å². The fourth-order valence-electron chi connectivity index (χ4n) is 2.62. The van der Waals surface area contributed by atoms with E-state index < -0.39 is 5.69 Å². The lowest BCUT2D eigenvalue weighted by atomic mass is 10.1. The van der Waals surface area contributed by atoms with Gasteiger partial charge < -0.3 is 5.73 Å². The minimum absolute atomic E-state index is 0.0994. The number of hydrogen-bond acceptors (Lipinski definition) is 4. The maximum absolute atomic E-state index is 12.6. The van der Waals surface area contributed by atoms with E-state index in [1.807, 2.05) is 56.3 Å². The standard InChI is InChI=1S/C19H16N4O/c1-12-7-9-14(10-8-12)17-15(11-20)18(21)23(19(24)22-17)16-6-4-3-5-13(16)2/h3-10H,21H2,1-2H3. The Morgan fingerprint density at radius 1 is 1.08 bits per heavy atom. The van der Waals surface area contributed by atoms with Gasteiger partial charge in [-0.3, -0.25) is 0 Å². The molecule has 0 amide bonds. The van der Waals surface area contributed by atoms with Gasteiger partial charge in [-0.1, -0.05) is 48.0 Å². The molecule has 3 rings (SSSR count). The van der Waals surface area contributed by atoms with E-state index in [-0.39, 0.29) is 11.4 Å². The van der Waals surface area contributed by atoms with Crippen LogP contribution in [0.2, 0.25) is 0 Å². The van der Waals surface area contributed by atoms with Crippen molar-refractivity contribution >= 4 is 5.82 Å². The maximum atomic E-state index is 12.6. The number of aryl methyl sites for hydroxylation is 2. The molecule has 1 heterocycles. The van der Waals surface area contributed by atoms with Crippen molar-refractivity contribution in [1.82, 2.24) is 9.55 Å². The lowest BCUT2D eigenvalue weighted by molar-refractivity contribution is 0.918. The molecule has 0 fully saturated rings. The number of nitrogen functional groups attached to an aromatic ring is 1. The van der Waals surface area contributed by atoms with E-state index in [0.29, 0.717) is 16.9 Å². The second-order valence-electron chi connectivity index (χ2n) is 5.60. The molecular formula is C19H16N4O. The SMILES string of the molecule is Cc1ccc(-c2nc(=O)n(-c3ccccc3C)c(N)c2C#N)cc1. The van der Waals surface area contributed by atoms with E-state index >= 15 is 0 Å². The first-order valence-corrected chi connectivity index (χ1v) is 7.48. The first-order chi connectivity index (χ1) is 11.5. The molecular weight excluding hydrogens is 300 g/mol.